The number of pyridine rings is 1. The average Bonchev–Trinajstić information content (AvgIpc) is 2.37. The largest absolute Gasteiger partial charge is 0.409 e. The molecule has 0 atom stereocenters. The zero-order valence-corrected chi connectivity index (χ0v) is 12.3. The van der Waals surface area contributed by atoms with Crippen molar-refractivity contribution in [2.75, 3.05) is 0 Å². The lowest BCUT2D eigenvalue weighted by atomic mass is 10.2. The van der Waals surface area contributed by atoms with Crippen molar-refractivity contribution in [2.45, 2.75) is 31.0 Å². The first-order valence-corrected chi connectivity index (χ1v) is 6.77. The van der Waals surface area contributed by atoms with Gasteiger partial charge in [-0.2, -0.15) is 0 Å². The molecule has 2 aromatic heterocycles. The molecule has 0 bridgehead atoms. The first-order chi connectivity index (χ1) is 9.49. The van der Waals surface area contributed by atoms with Crippen LogP contribution in [0.5, 0.6) is 0 Å². The Morgan fingerprint density at radius 3 is 2.35 bits per heavy atom. The monoisotopic (exact) mass is 289 g/mol. The molecule has 0 aromatic carbocycles. The molecule has 3 N–H and O–H groups in total. The van der Waals surface area contributed by atoms with Crippen molar-refractivity contribution in [1.29, 1.82) is 0 Å². The molecule has 0 radical (unpaired) electrons. The number of hydrogen-bond acceptors (Lipinski definition) is 6. The van der Waals surface area contributed by atoms with Gasteiger partial charge in [-0.1, -0.05) is 5.16 Å². The van der Waals surface area contributed by atoms with E-state index in [2.05, 4.69) is 20.1 Å². The highest BCUT2D eigenvalue weighted by molar-refractivity contribution is 7.99. The predicted molar refractivity (Wildman–Crippen MR) is 77.1 cm³/mol. The Balaban J connectivity index is 2.44. The molecule has 0 aliphatic heterocycles. The third kappa shape index (κ3) is 3.24. The van der Waals surface area contributed by atoms with Crippen molar-refractivity contribution >= 4 is 17.6 Å². The van der Waals surface area contributed by atoms with Crippen molar-refractivity contribution in [3.8, 4) is 0 Å². The van der Waals surface area contributed by atoms with Gasteiger partial charge in [0.1, 0.15) is 5.03 Å². The second kappa shape index (κ2) is 5.87. The van der Waals surface area contributed by atoms with E-state index in [-0.39, 0.29) is 5.84 Å². The van der Waals surface area contributed by atoms with Gasteiger partial charge < -0.3 is 10.9 Å². The molecular weight excluding hydrogens is 274 g/mol. The summed E-state index contributed by atoms with van der Waals surface area (Å²) in [4.78, 5) is 13.1. The molecule has 0 amide bonds. The van der Waals surface area contributed by atoms with Crippen LogP contribution in [0.15, 0.2) is 33.5 Å². The third-order valence-electron chi connectivity index (χ3n) is 2.53. The summed E-state index contributed by atoms with van der Waals surface area (Å²) in [5.41, 5.74) is 8.84. The van der Waals surface area contributed by atoms with E-state index in [4.69, 9.17) is 10.9 Å². The summed E-state index contributed by atoms with van der Waals surface area (Å²) in [6.07, 6.45) is 0. The van der Waals surface area contributed by atoms with Crippen LogP contribution in [-0.4, -0.2) is 26.0 Å². The maximum Gasteiger partial charge on any atom is 0.194 e. The van der Waals surface area contributed by atoms with E-state index in [0.717, 1.165) is 17.1 Å². The number of aromatic nitrogens is 3. The second-order valence-electron chi connectivity index (χ2n) is 4.33. The third-order valence-corrected chi connectivity index (χ3v) is 3.40. The molecule has 0 aliphatic carbocycles. The van der Waals surface area contributed by atoms with Gasteiger partial charge in [0.05, 0.1) is 5.56 Å². The van der Waals surface area contributed by atoms with Gasteiger partial charge in [-0.05, 0) is 50.7 Å². The first kappa shape index (κ1) is 14.3. The van der Waals surface area contributed by atoms with E-state index in [1.807, 2.05) is 26.8 Å². The van der Waals surface area contributed by atoms with Gasteiger partial charge >= 0.3 is 0 Å². The normalized spacial score (nSPS) is 11.7. The number of nitrogens with two attached hydrogens (primary N) is 1. The van der Waals surface area contributed by atoms with E-state index < -0.39 is 0 Å². The Hall–Kier alpha value is -2.15. The van der Waals surface area contributed by atoms with Crippen LogP contribution in [0.4, 0.5) is 0 Å². The maximum absolute atomic E-state index is 8.83. The van der Waals surface area contributed by atoms with Crippen LogP contribution in [0, 0.1) is 20.8 Å². The van der Waals surface area contributed by atoms with E-state index in [9.17, 15) is 0 Å². The SMILES string of the molecule is Cc1cc(C)nc(Sc2nc(C)ccc2C(N)=NO)n1. The Kier molecular flexibility index (Phi) is 4.19. The minimum Gasteiger partial charge on any atom is -0.409 e. The Morgan fingerprint density at radius 1 is 1.10 bits per heavy atom. The summed E-state index contributed by atoms with van der Waals surface area (Å²) in [5.74, 6) is 0.0179. The molecule has 7 heteroatoms. The van der Waals surface area contributed by atoms with Gasteiger partial charge in [-0.15, -0.1) is 0 Å². The number of rotatable bonds is 3. The molecule has 0 spiro atoms. The Bertz CT molecular complexity index is 652. The van der Waals surface area contributed by atoms with Gasteiger partial charge in [-0.3, -0.25) is 0 Å². The molecule has 20 heavy (non-hydrogen) atoms. The van der Waals surface area contributed by atoms with Crippen LogP contribution >= 0.6 is 11.8 Å². The number of nitrogens with zero attached hydrogens (tertiary/aromatic N) is 4. The number of aryl methyl sites for hydroxylation is 3. The molecule has 0 fully saturated rings. The first-order valence-electron chi connectivity index (χ1n) is 5.95. The second-order valence-corrected chi connectivity index (χ2v) is 5.28. The van der Waals surface area contributed by atoms with Gasteiger partial charge in [0.25, 0.3) is 0 Å². The van der Waals surface area contributed by atoms with Crippen LogP contribution in [0.3, 0.4) is 0 Å². The van der Waals surface area contributed by atoms with Crippen molar-refractivity contribution in [1.82, 2.24) is 15.0 Å². The lowest BCUT2D eigenvalue weighted by molar-refractivity contribution is 0.318. The molecule has 0 unspecified atom stereocenters. The predicted octanol–water partition coefficient (Wildman–Crippen LogP) is 2.04. The van der Waals surface area contributed by atoms with Crippen molar-refractivity contribution in [3.05, 3.63) is 40.8 Å². The zero-order chi connectivity index (χ0) is 14.7. The van der Waals surface area contributed by atoms with Crippen molar-refractivity contribution in [2.24, 2.45) is 10.9 Å². The maximum atomic E-state index is 8.83. The Labute approximate surface area is 121 Å². The zero-order valence-electron chi connectivity index (χ0n) is 11.5. The topological polar surface area (TPSA) is 97.3 Å². The molecule has 6 nitrogen and oxygen atoms in total. The number of oxime groups is 1. The van der Waals surface area contributed by atoms with Crippen LogP contribution in [-0.2, 0) is 0 Å². The Morgan fingerprint density at radius 2 is 1.75 bits per heavy atom. The fourth-order valence-corrected chi connectivity index (χ4v) is 2.71. The van der Waals surface area contributed by atoms with Crippen LogP contribution in [0.1, 0.15) is 22.6 Å². The van der Waals surface area contributed by atoms with E-state index in [1.54, 1.807) is 12.1 Å². The lowest BCUT2D eigenvalue weighted by Crippen LogP contribution is -2.15. The molecule has 0 saturated heterocycles. The summed E-state index contributed by atoms with van der Waals surface area (Å²) in [6, 6.07) is 5.47. The standard InChI is InChI=1S/C13H15N5OS/c1-7-4-5-10(11(14)18-19)12(15-7)20-13-16-8(2)6-9(3)17-13/h4-6,19H,1-3H3,(H2,14,18). The molecule has 0 saturated carbocycles. The highest BCUT2D eigenvalue weighted by atomic mass is 32.2. The van der Waals surface area contributed by atoms with Gasteiger partial charge in [0, 0.05) is 17.1 Å². The quantitative estimate of drug-likeness (QED) is 0.295. The van der Waals surface area contributed by atoms with Gasteiger partial charge in [0.15, 0.2) is 11.0 Å². The minimum absolute atomic E-state index is 0.0179. The summed E-state index contributed by atoms with van der Waals surface area (Å²) >= 11 is 1.30. The molecule has 2 rings (SSSR count). The molecule has 2 heterocycles. The van der Waals surface area contributed by atoms with Crippen LogP contribution < -0.4 is 5.73 Å². The molecule has 104 valence electrons. The van der Waals surface area contributed by atoms with Crippen LogP contribution in [0.25, 0.3) is 0 Å². The highest BCUT2D eigenvalue weighted by Crippen LogP contribution is 2.26. The van der Waals surface area contributed by atoms with Gasteiger partial charge in [-0.25, -0.2) is 15.0 Å². The van der Waals surface area contributed by atoms with E-state index in [0.29, 0.717) is 15.7 Å². The highest BCUT2D eigenvalue weighted by Gasteiger charge is 2.12. The minimum atomic E-state index is 0.0179. The smallest absolute Gasteiger partial charge is 0.194 e. The van der Waals surface area contributed by atoms with Crippen molar-refractivity contribution < 1.29 is 5.21 Å². The number of amidine groups is 1. The molecular formula is C13H15N5OS. The van der Waals surface area contributed by atoms with E-state index >= 15 is 0 Å². The fourth-order valence-electron chi connectivity index (χ4n) is 1.69. The summed E-state index contributed by atoms with van der Waals surface area (Å²) in [7, 11) is 0. The van der Waals surface area contributed by atoms with E-state index in [1.165, 1.54) is 11.8 Å². The van der Waals surface area contributed by atoms with Crippen molar-refractivity contribution in [3.63, 3.8) is 0 Å². The summed E-state index contributed by atoms with van der Waals surface area (Å²) in [5, 5.41) is 13.1. The lowest BCUT2D eigenvalue weighted by Gasteiger charge is -2.08. The van der Waals surface area contributed by atoms with Crippen LogP contribution in [0.2, 0.25) is 0 Å². The molecule has 2 aromatic rings. The summed E-state index contributed by atoms with van der Waals surface area (Å²) < 4.78 is 0. The number of hydrogen-bond donors (Lipinski definition) is 2. The average molecular weight is 289 g/mol. The fraction of sp³-hybridized carbons (Fsp3) is 0.231. The van der Waals surface area contributed by atoms with Gasteiger partial charge in [0.2, 0.25) is 0 Å². The molecule has 0 aliphatic rings. The summed E-state index contributed by atoms with van der Waals surface area (Å²) in [6.45, 7) is 5.70.